The molecule has 0 spiro atoms. The first-order valence-corrected chi connectivity index (χ1v) is 7.17. The van der Waals surface area contributed by atoms with Gasteiger partial charge >= 0.3 is 0 Å². The summed E-state index contributed by atoms with van der Waals surface area (Å²) < 4.78 is 1.83. The van der Waals surface area contributed by atoms with Crippen LogP contribution in [-0.2, 0) is 17.8 Å². The van der Waals surface area contributed by atoms with E-state index in [9.17, 15) is 4.79 Å². The highest BCUT2D eigenvalue weighted by molar-refractivity contribution is 7.99. The SMILES string of the molecule is CCCn1ncnc1CC(=O)C1CSCCN1. The van der Waals surface area contributed by atoms with E-state index in [2.05, 4.69) is 22.3 Å². The maximum Gasteiger partial charge on any atom is 0.158 e. The van der Waals surface area contributed by atoms with Crippen molar-refractivity contribution in [2.75, 3.05) is 18.1 Å². The molecule has 0 amide bonds. The molecule has 1 saturated heterocycles. The Hall–Kier alpha value is -0.880. The van der Waals surface area contributed by atoms with Crippen LogP contribution in [0.2, 0.25) is 0 Å². The smallest absolute Gasteiger partial charge is 0.158 e. The predicted molar refractivity (Wildman–Crippen MR) is 68.1 cm³/mol. The standard InChI is InChI=1S/C11H18N4OS/c1-2-4-15-11(13-8-14-15)6-10(16)9-7-17-5-3-12-9/h8-9,12H,2-7H2,1H3. The lowest BCUT2D eigenvalue weighted by molar-refractivity contribution is -0.120. The highest BCUT2D eigenvalue weighted by Crippen LogP contribution is 2.10. The second-order valence-corrected chi connectivity index (χ2v) is 5.27. The number of aromatic nitrogens is 3. The molecule has 0 aliphatic carbocycles. The molecule has 0 radical (unpaired) electrons. The molecule has 1 N–H and O–H groups in total. The lowest BCUT2D eigenvalue weighted by Crippen LogP contribution is -2.44. The van der Waals surface area contributed by atoms with Crippen LogP contribution >= 0.6 is 11.8 Å². The van der Waals surface area contributed by atoms with E-state index in [0.717, 1.165) is 36.8 Å². The number of carbonyl (C=O) groups is 1. The Bertz CT molecular complexity index is 373. The molecule has 0 saturated carbocycles. The summed E-state index contributed by atoms with van der Waals surface area (Å²) >= 11 is 1.83. The van der Waals surface area contributed by atoms with Gasteiger partial charge in [0.2, 0.25) is 0 Å². The van der Waals surface area contributed by atoms with Crippen molar-refractivity contribution < 1.29 is 4.79 Å². The van der Waals surface area contributed by atoms with Crippen LogP contribution in [0.3, 0.4) is 0 Å². The number of thioether (sulfide) groups is 1. The number of hydrogen-bond acceptors (Lipinski definition) is 5. The van der Waals surface area contributed by atoms with Gasteiger partial charge in [0.05, 0.1) is 12.5 Å². The van der Waals surface area contributed by atoms with E-state index < -0.39 is 0 Å². The third-order valence-electron chi connectivity index (χ3n) is 2.77. The maximum atomic E-state index is 12.1. The summed E-state index contributed by atoms with van der Waals surface area (Å²) in [5.74, 6) is 2.98. The Kier molecular flexibility index (Phi) is 4.56. The molecule has 0 aromatic carbocycles. The Morgan fingerprint density at radius 1 is 1.71 bits per heavy atom. The van der Waals surface area contributed by atoms with E-state index >= 15 is 0 Å². The van der Waals surface area contributed by atoms with E-state index in [1.807, 2.05) is 16.4 Å². The maximum absolute atomic E-state index is 12.1. The van der Waals surface area contributed by atoms with Gasteiger partial charge in [0.25, 0.3) is 0 Å². The highest BCUT2D eigenvalue weighted by Gasteiger charge is 2.22. The molecule has 1 unspecified atom stereocenters. The molecular weight excluding hydrogens is 236 g/mol. The monoisotopic (exact) mass is 254 g/mol. The molecule has 1 fully saturated rings. The number of nitrogens with one attached hydrogen (secondary N) is 1. The summed E-state index contributed by atoms with van der Waals surface area (Å²) in [7, 11) is 0. The van der Waals surface area contributed by atoms with E-state index in [1.165, 1.54) is 6.33 Å². The van der Waals surface area contributed by atoms with Gasteiger partial charge in [0.15, 0.2) is 5.78 Å². The van der Waals surface area contributed by atoms with Gasteiger partial charge in [-0.3, -0.25) is 4.79 Å². The van der Waals surface area contributed by atoms with Gasteiger partial charge in [-0.15, -0.1) is 0 Å². The number of Topliss-reactive ketones (excluding diaryl/α,β-unsaturated/α-hetero) is 1. The summed E-state index contributed by atoms with van der Waals surface area (Å²) in [6.45, 7) is 3.84. The minimum absolute atomic E-state index is 0.0134. The second-order valence-electron chi connectivity index (χ2n) is 4.12. The van der Waals surface area contributed by atoms with Crippen LogP contribution in [0.25, 0.3) is 0 Å². The average molecular weight is 254 g/mol. The zero-order chi connectivity index (χ0) is 12.1. The Morgan fingerprint density at radius 3 is 3.29 bits per heavy atom. The molecule has 1 atom stereocenters. The molecule has 0 bridgehead atoms. The largest absolute Gasteiger partial charge is 0.306 e. The molecule has 2 heterocycles. The number of ketones is 1. The zero-order valence-corrected chi connectivity index (χ0v) is 10.9. The highest BCUT2D eigenvalue weighted by atomic mass is 32.2. The molecule has 94 valence electrons. The lowest BCUT2D eigenvalue weighted by atomic mass is 10.1. The van der Waals surface area contributed by atoms with Gasteiger partial charge in [-0.05, 0) is 6.42 Å². The fourth-order valence-electron chi connectivity index (χ4n) is 1.87. The number of carbonyl (C=O) groups excluding carboxylic acids is 1. The van der Waals surface area contributed by atoms with Gasteiger partial charge in [-0.1, -0.05) is 6.92 Å². The van der Waals surface area contributed by atoms with Gasteiger partial charge in [-0.25, -0.2) is 9.67 Å². The van der Waals surface area contributed by atoms with Crippen molar-refractivity contribution in [3.8, 4) is 0 Å². The molecule has 1 aromatic heterocycles. The predicted octanol–water partition coefficient (Wildman–Crippen LogP) is 0.505. The molecule has 5 nitrogen and oxygen atoms in total. The van der Waals surface area contributed by atoms with Crippen LogP contribution in [0.5, 0.6) is 0 Å². The van der Waals surface area contributed by atoms with Gasteiger partial charge in [0, 0.05) is 24.6 Å². The Labute approximate surface area is 105 Å². The molecule has 1 aliphatic rings. The van der Waals surface area contributed by atoms with Crippen LogP contribution in [0.4, 0.5) is 0 Å². The van der Waals surface area contributed by atoms with Gasteiger partial charge in [0.1, 0.15) is 12.2 Å². The number of hydrogen-bond donors (Lipinski definition) is 1. The minimum Gasteiger partial charge on any atom is -0.306 e. The molecule has 6 heteroatoms. The van der Waals surface area contributed by atoms with E-state index in [4.69, 9.17) is 0 Å². The van der Waals surface area contributed by atoms with Crippen LogP contribution < -0.4 is 5.32 Å². The summed E-state index contributed by atoms with van der Waals surface area (Å²) in [4.78, 5) is 16.2. The van der Waals surface area contributed by atoms with E-state index in [-0.39, 0.29) is 11.8 Å². The molecule has 2 rings (SSSR count). The van der Waals surface area contributed by atoms with Crippen LogP contribution in [0.15, 0.2) is 6.33 Å². The van der Waals surface area contributed by atoms with Gasteiger partial charge < -0.3 is 5.32 Å². The van der Waals surface area contributed by atoms with E-state index in [0.29, 0.717) is 6.42 Å². The summed E-state index contributed by atoms with van der Waals surface area (Å²) in [5.41, 5.74) is 0. The summed E-state index contributed by atoms with van der Waals surface area (Å²) in [6.07, 6.45) is 2.92. The van der Waals surface area contributed by atoms with Crippen LogP contribution in [0, 0.1) is 0 Å². The van der Waals surface area contributed by atoms with Crippen LogP contribution in [-0.4, -0.2) is 44.6 Å². The zero-order valence-electron chi connectivity index (χ0n) is 10.1. The number of rotatable bonds is 5. The molecule has 1 aromatic rings. The van der Waals surface area contributed by atoms with Gasteiger partial charge in [-0.2, -0.15) is 16.9 Å². The van der Waals surface area contributed by atoms with Crippen molar-refractivity contribution in [1.29, 1.82) is 0 Å². The Balaban J connectivity index is 1.94. The van der Waals surface area contributed by atoms with Crippen molar-refractivity contribution in [1.82, 2.24) is 20.1 Å². The third-order valence-corrected chi connectivity index (χ3v) is 3.84. The van der Waals surface area contributed by atoms with E-state index in [1.54, 1.807) is 0 Å². The third kappa shape index (κ3) is 3.29. The summed E-state index contributed by atoms with van der Waals surface area (Å²) in [5, 5.41) is 7.39. The first kappa shape index (κ1) is 12.6. The normalized spacial score (nSPS) is 20.4. The van der Waals surface area contributed by atoms with Crippen molar-refractivity contribution in [3.63, 3.8) is 0 Å². The molecule has 17 heavy (non-hydrogen) atoms. The summed E-state index contributed by atoms with van der Waals surface area (Å²) in [6, 6.07) is -0.0134. The van der Waals surface area contributed by atoms with Crippen molar-refractivity contribution >= 4 is 17.5 Å². The second kappa shape index (κ2) is 6.16. The molecule has 1 aliphatic heterocycles. The van der Waals surface area contributed by atoms with Crippen molar-refractivity contribution in [2.24, 2.45) is 0 Å². The molecular formula is C11H18N4OS. The van der Waals surface area contributed by atoms with Crippen molar-refractivity contribution in [2.45, 2.75) is 32.4 Å². The number of aryl methyl sites for hydroxylation is 1. The lowest BCUT2D eigenvalue weighted by Gasteiger charge is -2.21. The average Bonchev–Trinajstić information content (AvgIpc) is 2.78. The first-order valence-electron chi connectivity index (χ1n) is 6.01. The van der Waals surface area contributed by atoms with Crippen molar-refractivity contribution in [3.05, 3.63) is 12.2 Å². The van der Waals surface area contributed by atoms with Crippen LogP contribution in [0.1, 0.15) is 19.2 Å². The quantitative estimate of drug-likeness (QED) is 0.829. The number of nitrogens with zero attached hydrogens (tertiary/aromatic N) is 3. The topological polar surface area (TPSA) is 59.8 Å². The Morgan fingerprint density at radius 2 is 2.59 bits per heavy atom. The fourth-order valence-corrected chi connectivity index (χ4v) is 2.84. The fraction of sp³-hybridized carbons (Fsp3) is 0.727. The minimum atomic E-state index is -0.0134. The first-order chi connectivity index (χ1) is 8.31.